The lowest BCUT2D eigenvalue weighted by molar-refractivity contribution is 0.0670. The summed E-state index contributed by atoms with van der Waals surface area (Å²) in [6, 6.07) is 6.43. The van der Waals surface area contributed by atoms with E-state index < -0.39 is 11.6 Å². The van der Waals surface area contributed by atoms with Crippen LogP contribution < -0.4 is 0 Å². The van der Waals surface area contributed by atoms with Gasteiger partial charge in [0, 0.05) is 5.56 Å². The SMILES string of the molecule is O=C(O)c1ccccc1C1(F)CCCCC1. The summed E-state index contributed by atoms with van der Waals surface area (Å²) in [5.41, 5.74) is -0.984. The number of hydrogen-bond donors (Lipinski definition) is 1. The van der Waals surface area contributed by atoms with Gasteiger partial charge in [0.05, 0.1) is 5.56 Å². The first-order valence-electron chi connectivity index (χ1n) is 5.65. The molecule has 0 aromatic heterocycles. The Morgan fingerprint density at radius 3 is 2.44 bits per heavy atom. The highest BCUT2D eigenvalue weighted by atomic mass is 19.1. The largest absolute Gasteiger partial charge is 0.478 e. The molecular weight excluding hydrogens is 207 g/mol. The molecule has 0 amide bonds. The molecule has 0 unspecified atom stereocenters. The van der Waals surface area contributed by atoms with Gasteiger partial charge >= 0.3 is 5.97 Å². The van der Waals surface area contributed by atoms with Gasteiger partial charge < -0.3 is 5.11 Å². The Labute approximate surface area is 94.1 Å². The summed E-state index contributed by atoms with van der Waals surface area (Å²) in [6.07, 6.45) is 3.60. The molecule has 16 heavy (non-hydrogen) atoms. The van der Waals surface area contributed by atoms with E-state index in [9.17, 15) is 9.18 Å². The maximum Gasteiger partial charge on any atom is 0.336 e. The number of aromatic carboxylic acids is 1. The van der Waals surface area contributed by atoms with Gasteiger partial charge in [0.1, 0.15) is 5.67 Å². The Hall–Kier alpha value is -1.38. The highest BCUT2D eigenvalue weighted by molar-refractivity contribution is 5.89. The highest BCUT2D eigenvalue weighted by Gasteiger charge is 2.36. The van der Waals surface area contributed by atoms with Crippen molar-refractivity contribution in [2.45, 2.75) is 37.8 Å². The molecule has 3 heteroatoms. The normalized spacial score (nSPS) is 19.3. The van der Waals surface area contributed by atoms with Gasteiger partial charge in [0.2, 0.25) is 0 Å². The van der Waals surface area contributed by atoms with E-state index in [1.165, 1.54) is 6.07 Å². The Morgan fingerprint density at radius 1 is 1.19 bits per heavy atom. The number of carboxylic acid groups (broad SMARTS) is 1. The van der Waals surface area contributed by atoms with Crippen LogP contribution in [0.2, 0.25) is 0 Å². The van der Waals surface area contributed by atoms with Crippen molar-refractivity contribution in [3.63, 3.8) is 0 Å². The van der Waals surface area contributed by atoms with Gasteiger partial charge in [0.25, 0.3) is 0 Å². The van der Waals surface area contributed by atoms with Crippen LogP contribution in [0.15, 0.2) is 24.3 Å². The predicted octanol–water partition coefficient (Wildman–Crippen LogP) is 3.51. The molecule has 0 bridgehead atoms. The van der Waals surface area contributed by atoms with E-state index >= 15 is 0 Å². The van der Waals surface area contributed by atoms with Crippen molar-refractivity contribution in [3.05, 3.63) is 35.4 Å². The molecule has 1 fully saturated rings. The minimum atomic E-state index is -1.44. The zero-order valence-corrected chi connectivity index (χ0v) is 9.08. The number of benzene rings is 1. The van der Waals surface area contributed by atoms with Crippen molar-refractivity contribution in [1.82, 2.24) is 0 Å². The summed E-state index contributed by atoms with van der Waals surface area (Å²) in [7, 11) is 0. The van der Waals surface area contributed by atoms with Crippen LogP contribution in [0.3, 0.4) is 0 Å². The number of hydrogen-bond acceptors (Lipinski definition) is 1. The summed E-state index contributed by atoms with van der Waals surface area (Å²) in [5.74, 6) is -1.04. The molecule has 0 atom stereocenters. The molecule has 0 spiro atoms. The molecule has 1 N–H and O–H groups in total. The van der Waals surface area contributed by atoms with E-state index in [0.29, 0.717) is 18.4 Å². The van der Waals surface area contributed by atoms with Crippen LogP contribution in [0, 0.1) is 0 Å². The van der Waals surface area contributed by atoms with Gasteiger partial charge in [-0.2, -0.15) is 0 Å². The number of alkyl halides is 1. The third-order valence-corrected chi connectivity index (χ3v) is 3.29. The van der Waals surface area contributed by atoms with E-state index in [-0.39, 0.29) is 5.56 Å². The molecule has 2 rings (SSSR count). The second-order valence-electron chi connectivity index (χ2n) is 4.38. The quantitative estimate of drug-likeness (QED) is 0.831. The summed E-state index contributed by atoms with van der Waals surface area (Å²) in [4.78, 5) is 11.0. The number of rotatable bonds is 2. The third kappa shape index (κ3) is 1.94. The lowest BCUT2D eigenvalue weighted by Crippen LogP contribution is -2.26. The maximum absolute atomic E-state index is 14.7. The van der Waals surface area contributed by atoms with E-state index in [1.807, 2.05) is 0 Å². The topological polar surface area (TPSA) is 37.3 Å². The molecule has 0 saturated heterocycles. The van der Waals surface area contributed by atoms with Crippen molar-refractivity contribution >= 4 is 5.97 Å². The van der Waals surface area contributed by atoms with E-state index in [0.717, 1.165) is 19.3 Å². The fourth-order valence-corrected chi connectivity index (χ4v) is 2.44. The average molecular weight is 222 g/mol. The van der Waals surface area contributed by atoms with Crippen molar-refractivity contribution in [3.8, 4) is 0 Å². The molecule has 1 aliphatic carbocycles. The van der Waals surface area contributed by atoms with Crippen LogP contribution in [-0.4, -0.2) is 11.1 Å². The van der Waals surface area contributed by atoms with E-state index in [4.69, 9.17) is 5.11 Å². The van der Waals surface area contributed by atoms with Crippen LogP contribution >= 0.6 is 0 Å². The lowest BCUT2D eigenvalue weighted by atomic mass is 9.79. The number of carbonyl (C=O) groups is 1. The van der Waals surface area contributed by atoms with Gasteiger partial charge in [-0.05, 0) is 31.7 Å². The first kappa shape index (κ1) is 11.1. The maximum atomic E-state index is 14.7. The second kappa shape index (κ2) is 4.24. The zero-order chi connectivity index (χ0) is 11.6. The Kier molecular flexibility index (Phi) is 2.95. The lowest BCUT2D eigenvalue weighted by Gasteiger charge is -2.30. The molecule has 0 radical (unpaired) electrons. The monoisotopic (exact) mass is 222 g/mol. The van der Waals surface area contributed by atoms with Crippen LogP contribution in [0.4, 0.5) is 4.39 Å². The Bertz CT molecular complexity index is 395. The molecule has 0 aliphatic heterocycles. The van der Waals surface area contributed by atoms with Crippen molar-refractivity contribution in [2.75, 3.05) is 0 Å². The van der Waals surface area contributed by atoms with Crippen LogP contribution in [0.25, 0.3) is 0 Å². The molecule has 86 valence electrons. The molecule has 1 saturated carbocycles. The van der Waals surface area contributed by atoms with E-state index in [1.54, 1.807) is 18.2 Å². The van der Waals surface area contributed by atoms with Gasteiger partial charge in [-0.1, -0.05) is 24.6 Å². The zero-order valence-electron chi connectivity index (χ0n) is 9.08. The van der Waals surface area contributed by atoms with Gasteiger partial charge in [0.15, 0.2) is 0 Å². The average Bonchev–Trinajstić information content (AvgIpc) is 2.30. The number of halogens is 1. The first-order valence-corrected chi connectivity index (χ1v) is 5.65. The smallest absolute Gasteiger partial charge is 0.336 e. The Morgan fingerprint density at radius 2 is 1.81 bits per heavy atom. The van der Waals surface area contributed by atoms with Crippen LogP contribution in [0.1, 0.15) is 48.0 Å². The van der Waals surface area contributed by atoms with Gasteiger partial charge in [-0.3, -0.25) is 0 Å². The fourth-order valence-electron chi connectivity index (χ4n) is 2.44. The summed E-state index contributed by atoms with van der Waals surface area (Å²) >= 11 is 0. The Balaban J connectivity index is 2.42. The van der Waals surface area contributed by atoms with Crippen molar-refractivity contribution in [2.24, 2.45) is 0 Å². The standard InChI is InChI=1S/C13H15FO2/c14-13(8-4-1-5-9-13)11-7-3-2-6-10(11)12(15)16/h2-3,6-7H,1,4-5,8-9H2,(H,15,16). The summed E-state index contributed by atoms with van der Waals surface area (Å²) in [5, 5.41) is 9.04. The van der Waals surface area contributed by atoms with Crippen molar-refractivity contribution in [1.29, 1.82) is 0 Å². The molecule has 2 nitrogen and oxygen atoms in total. The van der Waals surface area contributed by atoms with Crippen LogP contribution in [0.5, 0.6) is 0 Å². The predicted molar refractivity (Wildman–Crippen MR) is 59.3 cm³/mol. The molecule has 0 heterocycles. The second-order valence-corrected chi connectivity index (χ2v) is 4.38. The molecular formula is C13H15FO2. The minimum Gasteiger partial charge on any atom is -0.478 e. The minimum absolute atomic E-state index is 0.104. The highest BCUT2D eigenvalue weighted by Crippen LogP contribution is 2.41. The van der Waals surface area contributed by atoms with Crippen molar-refractivity contribution < 1.29 is 14.3 Å². The molecule has 1 aromatic rings. The first-order chi connectivity index (χ1) is 7.63. The van der Waals surface area contributed by atoms with E-state index in [2.05, 4.69) is 0 Å². The van der Waals surface area contributed by atoms with Crippen LogP contribution in [-0.2, 0) is 5.67 Å². The third-order valence-electron chi connectivity index (χ3n) is 3.29. The van der Waals surface area contributed by atoms with Gasteiger partial charge in [-0.25, -0.2) is 9.18 Å². The summed E-state index contributed by atoms with van der Waals surface area (Å²) in [6.45, 7) is 0. The molecule has 1 aromatic carbocycles. The van der Waals surface area contributed by atoms with Gasteiger partial charge in [-0.15, -0.1) is 0 Å². The molecule has 1 aliphatic rings. The number of carboxylic acids is 1. The fraction of sp³-hybridized carbons (Fsp3) is 0.462. The summed E-state index contributed by atoms with van der Waals surface area (Å²) < 4.78 is 14.7.